The minimum atomic E-state index is 0.739. The third kappa shape index (κ3) is 2.38. The van der Waals surface area contributed by atoms with E-state index in [0.29, 0.717) is 0 Å². The van der Waals surface area contributed by atoms with Crippen molar-refractivity contribution in [3.05, 3.63) is 64.7 Å². The fraction of sp³-hybridized carbons (Fsp3) is 0.235. The van der Waals surface area contributed by atoms with Crippen LogP contribution in [0.25, 0.3) is 0 Å². The number of benzene rings is 2. The Morgan fingerprint density at radius 3 is 2.75 bits per heavy atom. The first-order valence-corrected chi connectivity index (χ1v) is 6.66. The molecule has 20 heavy (non-hydrogen) atoms. The number of methoxy groups -OCH3 is 1. The van der Waals surface area contributed by atoms with Gasteiger partial charge in [-0.15, -0.1) is 0 Å². The molecule has 0 unspecified atom stereocenters. The molecule has 0 amide bonds. The largest absolute Gasteiger partial charge is 0.496 e. The van der Waals surface area contributed by atoms with Crippen molar-refractivity contribution in [2.24, 2.45) is 0 Å². The van der Waals surface area contributed by atoms with Crippen molar-refractivity contribution in [1.29, 1.82) is 5.26 Å². The fourth-order valence-electron chi connectivity index (χ4n) is 2.72. The predicted octanol–water partition coefficient (Wildman–Crippen LogP) is 3.08. The first kappa shape index (κ1) is 12.7. The van der Waals surface area contributed by atoms with Crippen LogP contribution in [0.1, 0.15) is 22.3 Å². The number of rotatable bonds is 3. The molecule has 0 aromatic heterocycles. The third-order valence-electron chi connectivity index (χ3n) is 3.71. The van der Waals surface area contributed by atoms with E-state index in [-0.39, 0.29) is 0 Å². The quantitative estimate of drug-likeness (QED) is 0.854. The van der Waals surface area contributed by atoms with Crippen LogP contribution in [-0.4, -0.2) is 12.0 Å². The molecule has 0 spiro atoms. The minimum Gasteiger partial charge on any atom is -0.496 e. The lowest BCUT2D eigenvalue weighted by atomic mass is 10.1. The predicted molar refractivity (Wildman–Crippen MR) is 77.1 cm³/mol. The Hall–Kier alpha value is -2.31. The molecule has 0 fully saturated rings. The normalized spacial score (nSPS) is 13.8. The first-order valence-electron chi connectivity index (χ1n) is 6.66. The molecule has 1 aliphatic rings. The van der Waals surface area contributed by atoms with Crippen molar-refractivity contribution in [3.63, 3.8) is 0 Å². The number of hydrogen-bond donors (Lipinski definition) is 0. The maximum absolute atomic E-state index is 8.96. The van der Waals surface area contributed by atoms with E-state index < -0.39 is 0 Å². The van der Waals surface area contributed by atoms with Gasteiger partial charge in [0.2, 0.25) is 0 Å². The Labute approximate surface area is 119 Å². The average molecular weight is 264 g/mol. The summed E-state index contributed by atoms with van der Waals surface area (Å²) in [7, 11) is 1.71. The lowest BCUT2D eigenvalue weighted by molar-refractivity contribution is 0.270. The van der Waals surface area contributed by atoms with Crippen LogP contribution in [0.4, 0.5) is 0 Å². The SMILES string of the molecule is COc1ccccc1CN1Cc2ccc(C#N)cc2C1. The molecule has 0 bridgehead atoms. The molecule has 1 aliphatic heterocycles. The second-order valence-corrected chi connectivity index (χ2v) is 5.05. The van der Waals surface area contributed by atoms with Crippen molar-refractivity contribution in [2.75, 3.05) is 7.11 Å². The van der Waals surface area contributed by atoms with E-state index in [1.54, 1.807) is 7.11 Å². The smallest absolute Gasteiger partial charge is 0.123 e. The van der Waals surface area contributed by atoms with Gasteiger partial charge >= 0.3 is 0 Å². The van der Waals surface area contributed by atoms with Gasteiger partial charge in [0, 0.05) is 25.2 Å². The molecule has 0 radical (unpaired) electrons. The zero-order valence-corrected chi connectivity index (χ0v) is 11.5. The molecular weight excluding hydrogens is 248 g/mol. The molecule has 3 rings (SSSR count). The van der Waals surface area contributed by atoms with Gasteiger partial charge in [-0.05, 0) is 29.3 Å². The van der Waals surface area contributed by atoms with Gasteiger partial charge in [-0.2, -0.15) is 5.26 Å². The number of para-hydroxylation sites is 1. The van der Waals surface area contributed by atoms with Gasteiger partial charge in [0.15, 0.2) is 0 Å². The van der Waals surface area contributed by atoms with Gasteiger partial charge in [-0.25, -0.2) is 0 Å². The molecule has 2 aromatic rings. The molecule has 100 valence electrons. The van der Waals surface area contributed by atoms with E-state index in [2.05, 4.69) is 23.1 Å². The van der Waals surface area contributed by atoms with Gasteiger partial charge in [0.05, 0.1) is 18.7 Å². The van der Waals surface area contributed by atoms with Gasteiger partial charge in [-0.3, -0.25) is 4.90 Å². The summed E-state index contributed by atoms with van der Waals surface area (Å²) < 4.78 is 5.40. The van der Waals surface area contributed by atoms with Crippen LogP contribution in [0.15, 0.2) is 42.5 Å². The number of fused-ring (bicyclic) bond motifs is 1. The van der Waals surface area contributed by atoms with Gasteiger partial charge in [0.1, 0.15) is 5.75 Å². The Bertz CT molecular complexity index is 673. The highest BCUT2D eigenvalue weighted by Crippen LogP contribution is 2.27. The molecule has 0 aliphatic carbocycles. The molecule has 3 heteroatoms. The summed E-state index contributed by atoms with van der Waals surface area (Å²) in [4.78, 5) is 2.36. The summed E-state index contributed by atoms with van der Waals surface area (Å²) in [5.41, 5.74) is 4.52. The van der Waals surface area contributed by atoms with E-state index >= 15 is 0 Å². The maximum atomic E-state index is 8.96. The van der Waals surface area contributed by atoms with Crippen molar-refractivity contribution >= 4 is 0 Å². The minimum absolute atomic E-state index is 0.739. The van der Waals surface area contributed by atoms with Crippen LogP contribution in [0.3, 0.4) is 0 Å². The Morgan fingerprint density at radius 1 is 1.15 bits per heavy atom. The van der Waals surface area contributed by atoms with Crippen LogP contribution >= 0.6 is 0 Å². The zero-order chi connectivity index (χ0) is 13.9. The van der Waals surface area contributed by atoms with E-state index in [1.807, 2.05) is 30.3 Å². The van der Waals surface area contributed by atoms with E-state index in [9.17, 15) is 0 Å². The maximum Gasteiger partial charge on any atom is 0.123 e. The van der Waals surface area contributed by atoms with Crippen molar-refractivity contribution in [1.82, 2.24) is 4.90 Å². The lowest BCUT2D eigenvalue weighted by Gasteiger charge is -2.16. The van der Waals surface area contributed by atoms with Gasteiger partial charge < -0.3 is 4.74 Å². The first-order chi connectivity index (χ1) is 9.80. The topological polar surface area (TPSA) is 36.3 Å². The molecule has 1 heterocycles. The van der Waals surface area contributed by atoms with E-state index in [4.69, 9.17) is 10.00 Å². The van der Waals surface area contributed by atoms with Gasteiger partial charge in [-0.1, -0.05) is 24.3 Å². The Kier molecular flexibility index (Phi) is 3.41. The average Bonchev–Trinajstić information content (AvgIpc) is 2.89. The van der Waals surface area contributed by atoms with Crippen molar-refractivity contribution in [3.8, 4) is 11.8 Å². The number of nitriles is 1. The molecule has 0 N–H and O–H groups in total. The number of hydrogen-bond acceptors (Lipinski definition) is 3. The number of ether oxygens (including phenoxy) is 1. The Morgan fingerprint density at radius 2 is 1.95 bits per heavy atom. The van der Waals surface area contributed by atoms with Gasteiger partial charge in [0.25, 0.3) is 0 Å². The molecule has 0 atom stereocenters. The summed E-state index contributed by atoms with van der Waals surface area (Å²) in [5, 5.41) is 8.96. The summed E-state index contributed by atoms with van der Waals surface area (Å²) in [6, 6.07) is 16.3. The molecular formula is C17H16N2O. The fourth-order valence-corrected chi connectivity index (χ4v) is 2.72. The highest BCUT2D eigenvalue weighted by atomic mass is 16.5. The van der Waals surface area contributed by atoms with Crippen LogP contribution in [0.5, 0.6) is 5.75 Å². The molecule has 0 saturated carbocycles. The van der Waals surface area contributed by atoms with Crippen molar-refractivity contribution < 1.29 is 4.74 Å². The summed E-state index contributed by atoms with van der Waals surface area (Å²) in [6.07, 6.45) is 0. The highest BCUT2D eigenvalue weighted by molar-refractivity contribution is 5.40. The van der Waals surface area contributed by atoms with E-state index in [0.717, 1.165) is 30.9 Å². The summed E-state index contributed by atoms with van der Waals surface area (Å²) >= 11 is 0. The van der Waals surface area contributed by atoms with Crippen molar-refractivity contribution in [2.45, 2.75) is 19.6 Å². The monoisotopic (exact) mass is 264 g/mol. The van der Waals surface area contributed by atoms with E-state index in [1.165, 1.54) is 16.7 Å². The van der Waals surface area contributed by atoms with Crippen LogP contribution in [0, 0.1) is 11.3 Å². The molecule has 3 nitrogen and oxygen atoms in total. The third-order valence-corrected chi connectivity index (χ3v) is 3.71. The number of nitrogens with zero attached hydrogens (tertiary/aromatic N) is 2. The highest BCUT2D eigenvalue weighted by Gasteiger charge is 2.20. The van der Waals surface area contributed by atoms with Crippen LogP contribution in [-0.2, 0) is 19.6 Å². The van der Waals surface area contributed by atoms with Crippen LogP contribution in [0.2, 0.25) is 0 Å². The standard InChI is InChI=1S/C17H16N2O/c1-20-17-5-3-2-4-15(17)11-19-10-14-7-6-13(9-18)8-16(14)12-19/h2-8H,10-12H2,1H3. The summed E-state index contributed by atoms with van der Waals surface area (Å²) in [5.74, 6) is 0.932. The molecule has 2 aromatic carbocycles. The van der Waals surface area contributed by atoms with Crippen LogP contribution < -0.4 is 4.74 Å². The Balaban J connectivity index is 1.77. The second-order valence-electron chi connectivity index (χ2n) is 5.05. The second kappa shape index (κ2) is 5.36. The lowest BCUT2D eigenvalue weighted by Crippen LogP contribution is -2.16. The summed E-state index contributed by atoms with van der Waals surface area (Å²) in [6.45, 7) is 2.68. The zero-order valence-electron chi connectivity index (χ0n) is 11.5. The molecule has 0 saturated heterocycles.